The second kappa shape index (κ2) is 11.3. The van der Waals surface area contributed by atoms with E-state index < -0.39 is 18.0 Å². The van der Waals surface area contributed by atoms with Crippen LogP contribution in [0.1, 0.15) is 28.7 Å². The summed E-state index contributed by atoms with van der Waals surface area (Å²) in [5.74, 6) is -1.82. The summed E-state index contributed by atoms with van der Waals surface area (Å²) in [7, 11) is 0. The molecule has 7 nitrogen and oxygen atoms in total. The van der Waals surface area contributed by atoms with Crippen LogP contribution >= 0.6 is 0 Å². The molecule has 1 heterocycles. The average molecular weight is 473 g/mol. The van der Waals surface area contributed by atoms with Gasteiger partial charge in [-0.2, -0.15) is 0 Å². The summed E-state index contributed by atoms with van der Waals surface area (Å²) in [4.78, 5) is 38.7. The first-order valence-corrected chi connectivity index (χ1v) is 11.6. The second-order valence-corrected chi connectivity index (χ2v) is 8.66. The van der Waals surface area contributed by atoms with Gasteiger partial charge in [0.1, 0.15) is 6.61 Å². The van der Waals surface area contributed by atoms with Gasteiger partial charge < -0.3 is 14.7 Å². The van der Waals surface area contributed by atoms with Crippen LogP contribution in [0.2, 0.25) is 0 Å². The number of amides is 2. The van der Waals surface area contributed by atoms with Gasteiger partial charge in [-0.05, 0) is 47.2 Å². The van der Waals surface area contributed by atoms with Crippen molar-refractivity contribution in [1.82, 2.24) is 4.90 Å². The molecule has 4 rings (SSSR count). The number of carboxylic acids is 1. The van der Waals surface area contributed by atoms with Crippen LogP contribution < -0.4 is 5.32 Å². The molecule has 0 saturated carbocycles. The van der Waals surface area contributed by atoms with Crippen LogP contribution in [0.4, 0.5) is 10.5 Å². The summed E-state index contributed by atoms with van der Waals surface area (Å²) in [6.07, 6.45) is 0.174. The molecule has 180 valence electrons. The maximum Gasteiger partial charge on any atom is 0.411 e. The van der Waals surface area contributed by atoms with Gasteiger partial charge in [0.25, 0.3) is 0 Å². The molecule has 35 heavy (non-hydrogen) atoms. The number of carbonyl (C=O) groups is 3. The number of hydrogen-bond acceptors (Lipinski definition) is 4. The molecule has 1 aliphatic heterocycles. The van der Waals surface area contributed by atoms with Gasteiger partial charge >= 0.3 is 12.1 Å². The Balaban J connectivity index is 1.47. The third-order valence-electron chi connectivity index (χ3n) is 6.09. The topological polar surface area (TPSA) is 95.9 Å². The second-order valence-electron chi connectivity index (χ2n) is 8.66. The Kier molecular flexibility index (Phi) is 7.77. The van der Waals surface area contributed by atoms with E-state index in [1.807, 2.05) is 72.8 Å². The first-order valence-electron chi connectivity index (χ1n) is 11.6. The maximum absolute atomic E-state index is 13.2. The zero-order valence-corrected chi connectivity index (χ0v) is 19.4. The van der Waals surface area contributed by atoms with E-state index in [1.165, 1.54) is 0 Å². The first-order chi connectivity index (χ1) is 17.0. The molecule has 1 aliphatic rings. The van der Waals surface area contributed by atoms with Crippen molar-refractivity contribution in [3.8, 4) is 0 Å². The summed E-state index contributed by atoms with van der Waals surface area (Å²) in [5.41, 5.74) is 4.35. The Morgan fingerprint density at radius 2 is 1.63 bits per heavy atom. The monoisotopic (exact) mass is 472 g/mol. The Labute approximate surface area is 204 Å². The molecular weight excluding hydrogens is 444 g/mol. The molecule has 0 spiro atoms. The van der Waals surface area contributed by atoms with Crippen LogP contribution in [0.3, 0.4) is 0 Å². The lowest BCUT2D eigenvalue weighted by atomic mass is 9.94. The molecule has 0 fully saturated rings. The van der Waals surface area contributed by atoms with E-state index in [1.54, 1.807) is 11.0 Å². The van der Waals surface area contributed by atoms with Crippen molar-refractivity contribution in [2.24, 2.45) is 5.92 Å². The molecule has 2 N–H and O–H groups in total. The Hall–Kier alpha value is -4.13. The van der Waals surface area contributed by atoms with Gasteiger partial charge in [-0.15, -0.1) is 0 Å². The number of anilines is 1. The summed E-state index contributed by atoms with van der Waals surface area (Å²) in [6, 6.07) is 24.8. The van der Waals surface area contributed by atoms with Gasteiger partial charge in [0.05, 0.1) is 12.3 Å². The van der Waals surface area contributed by atoms with Crippen molar-refractivity contribution in [2.45, 2.75) is 32.4 Å². The summed E-state index contributed by atoms with van der Waals surface area (Å²) < 4.78 is 5.29. The van der Waals surface area contributed by atoms with Crippen molar-refractivity contribution in [3.05, 3.63) is 101 Å². The smallest absolute Gasteiger partial charge is 0.411 e. The predicted octanol–water partition coefficient (Wildman–Crippen LogP) is 4.65. The van der Waals surface area contributed by atoms with Crippen LogP contribution in [-0.2, 0) is 40.3 Å². The third-order valence-corrected chi connectivity index (χ3v) is 6.09. The number of carbonyl (C=O) groups excluding carboxylic acids is 2. The van der Waals surface area contributed by atoms with Crippen molar-refractivity contribution in [1.29, 1.82) is 0 Å². The third kappa shape index (κ3) is 6.69. The van der Waals surface area contributed by atoms with Crippen molar-refractivity contribution in [3.63, 3.8) is 0 Å². The van der Waals surface area contributed by atoms with E-state index in [0.29, 0.717) is 31.6 Å². The molecule has 3 aromatic rings. The molecule has 3 aromatic carbocycles. The minimum atomic E-state index is -1.01. The maximum atomic E-state index is 13.2. The molecule has 0 aliphatic carbocycles. The zero-order chi connectivity index (χ0) is 24.6. The van der Waals surface area contributed by atoms with Gasteiger partial charge in [-0.1, -0.05) is 66.7 Å². The van der Waals surface area contributed by atoms with Crippen molar-refractivity contribution in [2.75, 3.05) is 11.9 Å². The van der Waals surface area contributed by atoms with Gasteiger partial charge in [-0.3, -0.25) is 14.9 Å². The van der Waals surface area contributed by atoms with Crippen LogP contribution in [0, 0.1) is 5.92 Å². The number of nitrogens with one attached hydrogen (secondary N) is 1. The summed E-state index contributed by atoms with van der Waals surface area (Å²) in [6.45, 7) is 1.06. The highest BCUT2D eigenvalue weighted by Gasteiger charge is 2.31. The lowest BCUT2D eigenvalue weighted by Gasteiger charge is -2.24. The fraction of sp³-hybridized carbons (Fsp3) is 0.250. The Morgan fingerprint density at radius 1 is 0.943 bits per heavy atom. The fourth-order valence-corrected chi connectivity index (χ4v) is 4.29. The van der Waals surface area contributed by atoms with E-state index in [9.17, 15) is 19.5 Å². The van der Waals surface area contributed by atoms with E-state index in [-0.39, 0.29) is 18.9 Å². The average Bonchev–Trinajstić information content (AvgIpc) is 2.98. The minimum absolute atomic E-state index is 0.156. The molecule has 1 atom stereocenters. The van der Waals surface area contributed by atoms with Crippen molar-refractivity contribution < 1.29 is 24.2 Å². The van der Waals surface area contributed by atoms with Crippen LogP contribution in [0.15, 0.2) is 78.9 Å². The van der Waals surface area contributed by atoms with Gasteiger partial charge in [0, 0.05) is 18.8 Å². The molecule has 0 aromatic heterocycles. The Morgan fingerprint density at radius 3 is 2.31 bits per heavy atom. The zero-order valence-electron chi connectivity index (χ0n) is 19.4. The lowest BCUT2D eigenvalue weighted by Crippen LogP contribution is -2.37. The Bertz CT molecular complexity index is 1180. The van der Waals surface area contributed by atoms with E-state index in [0.717, 1.165) is 22.3 Å². The van der Waals surface area contributed by atoms with E-state index in [2.05, 4.69) is 5.32 Å². The molecule has 0 saturated heterocycles. The normalized spacial score (nSPS) is 15.1. The number of benzene rings is 3. The van der Waals surface area contributed by atoms with Gasteiger partial charge in [0.15, 0.2) is 0 Å². The fourth-order valence-electron chi connectivity index (χ4n) is 4.29. The van der Waals surface area contributed by atoms with E-state index in [4.69, 9.17) is 4.74 Å². The SMILES string of the molecule is O=C(O)CC1Cc2cc(NC(=O)OCc3ccccc3)ccc2CN(CCc2ccccc2)C1=O. The van der Waals surface area contributed by atoms with Gasteiger partial charge in [0.2, 0.25) is 5.91 Å². The van der Waals surface area contributed by atoms with E-state index >= 15 is 0 Å². The molecule has 0 bridgehead atoms. The molecule has 2 amide bonds. The lowest BCUT2D eigenvalue weighted by molar-refractivity contribution is -0.144. The number of carboxylic acid groups (broad SMARTS) is 1. The number of nitrogens with zero attached hydrogens (tertiary/aromatic N) is 1. The molecule has 7 heteroatoms. The predicted molar refractivity (Wildman–Crippen MR) is 132 cm³/mol. The molecule has 0 radical (unpaired) electrons. The van der Waals surface area contributed by atoms with Crippen molar-refractivity contribution >= 4 is 23.7 Å². The largest absolute Gasteiger partial charge is 0.481 e. The minimum Gasteiger partial charge on any atom is -0.481 e. The van der Waals surface area contributed by atoms with Crippen LogP contribution in [-0.4, -0.2) is 34.5 Å². The first kappa shape index (κ1) is 24.0. The van der Waals surface area contributed by atoms with Crippen LogP contribution in [0.5, 0.6) is 0 Å². The van der Waals surface area contributed by atoms with Gasteiger partial charge in [-0.25, -0.2) is 4.79 Å². The summed E-state index contributed by atoms with van der Waals surface area (Å²) in [5, 5.41) is 12.1. The highest BCUT2D eigenvalue weighted by atomic mass is 16.5. The molecule has 1 unspecified atom stereocenters. The number of aliphatic carboxylic acids is 1. The number of ether oxygens (including phenoxy) is 1. The number of fused-ring (bicyclic) bond motifs is 1. The highest BCUT2D eigenvalue weighted by Crippen LogP contribution is 2.28. The molecular formula is C28H28N2O5. The number of hydrogen-bond donors (Lipinski definition) is 2. The highest BCUT2D eigenvalue weighted by molar-refractivity contribution is 5.86. The summed E-state index contributed by atoms with van der Waals surface area (Å²) >= 11 is 0. The standard InChI is InChI=1S/C28H28N2O5/c31-26(32)17-24-15-23-16-25(29-28(34)35-19-21-9-5-2-6-10-21)12-11-22(23)18-30(27(24)33)14-13-20-7-3-1-4-8-20/h1-12,16,24H,13-15,17-19H2,(H,29,34)(H,31,32). The quantitative estimate of drug-likeness (QED) is 0.497. The number of rotatable bonds is 8. The van der Waals surface area contributed by atoms with Crippen LogP contribution in [0.25, 0.3) is 0 Å².